The lowest BCUT2D eigenvalue weighted by Gasteiger charge is -2.06. The zero-order valence-electron chi connectivity index (χ0n) is 17.3. The van der Waals surface area contributed by atoms with E-state index in [0.717, 1.165) is 39.5 Å². The van der Waals surface area contributed by atoms with Crippen LogP contribution in [-0.2, 0) is 11.2 Å². The second-order valence-corrected chi connectivity index (χ2v) is 7.55. The van der Waals surface area contributed by atoms with Crippen molar-refractivity contribution < 1.29 is 9.59 Å². The van der Waals surface area contributed by atoms with Gasteiger partial charge in [-0.3, -0.25) is 14.6 Å². The molecule has 3 N–H and O–H groups in total. The molecule has 0 atom stereocenters. The number of rotatable bonds is 5. The van der Waals surface area contributed by atoms with Crippen LogP contribution in [0.25, 0.3) is 11.6 Å². The molecule has 0 saturated heterocycles. The second-order valence-electron chi connectivity index (χ2n) is 7.55. The van der Waals surface area contributed by atoms with E-state index in [2.05, 4.69) is 20.6 Å². The van der Waals surface area contributed by atoms with Gasteiger partial charge in [0.2, 0.25) is 0 Å². The van der Waals surface area contributed by atoms with Crippen molar-refractivity contribution in [2.45, 2.75) is 27.2 Å². The van der Waals surface area contributed by atoms with Gasteiger partial charge in [-0.15, -0.1) is 0 Å². The zero-order valence-corrected chi connectivity index (χ0v) is 17.3. The molecule has 1 aliphatic heterocycles. The number of amides is 2. The van der Waals surface area contributed by atoms with Crippen LogP contribution >= 0.6 is 0 Å². The second kappa shape index (κ2) is 7.99. The molecule has 0 aliphatic carbocycles. The van der Waals surface area contributed by atoms with Gasteiger partial charge in [0.25, 0.3) is 11.8 Å². The smallest absolute Gasteiger partial charge is 0.256 e. The summed E-state index contributed by atoms with van der Waals surface area (Å²) in [5.41, 5.74) is 7.29. The SMILES string of the molecule is Cc1ccc2c(c1)/C(=C/c1[nH]c(C)c(C(=O)NCCc3ccccn3)c1C)C(=O)N2. The molecule has 1 aliphatic rings. The molecule has 4 rings (SSSR count). The monoisotopic (exact) mass is 400 g/mol. The van der Waals surface area contributed by atoms with Crippen molar-refractivity contribution in [2.24, 2.45) is 0 Å². The standard InChI is InChI=1S/C24H24N4O2/c1-14-7-8-20-18(12-14)19(23(29)28-20)13-21-15(2)22(16(3)27-21)24(30)26-11-9-17-6-4-5-10-25-17/h4-8,10,12-13,27H,9,11H2,1-3H3,(H,26,30)(H,28,29)/b19-13-. The molecule has 6 nitrogen and oxygen atoms in total. The van der Waals surface area contributed by atoms with Crippen LogP contribution in [0.15, 0.2) is 42.6 Å². The normalized spacial score (nSPS) is 14.0. The van der Waals surface area contributed by atoms with Crippen LogP contribution < -0.4 is 10.6 Å². The summed E-state index contributed by atoms with van der Waals surface area (Å²) in [6.07, 6.45) is 4.24. The number of aromatic amines is 1. The van der Waals surface area contributed by atoms with Gasteiger partial charge in [-0.2, -0.15) is 0 Å². The highest BCUT2D eigenvalue weighted by Crippen LogP contribution is 2.34. The fourth-order valence-electron chi connectivity index (χ4n) is 3.79. The Morgan fingerprint density at radius 1 is 1.17 bits per heavy atom. The maximum Gasteiger partial charge on any atom is 0.256 e. The van der Waals surface area contributed by atoms with Crippen molar-refractivity contribution in [3.63, 3.8) is 0 Å². The third-order valence-electron chi connectivity index (χ3n) is 5.34. The Labute approximate surface area is 175 Å². The number of hydrogen-bond acceptors (Lipinski definition) is 3. The molecule has 0 bridgehead atoms. The number of carbonyl (C=O) groups is 2. The predicted molar refractivity (Wildman–Crippen MR) is 118 cm³/mol. The third kappa shape index (κ3) is 3.76. The van der Waals surface area contributed by atoms with E-state index in [1.54, 1.807) is 6.20 Å². The van der Waals surface area contributed by atoms with E-state index in [4.69, 9.17) is 0 Å². The third-order valence-corrected chi connectivity index (χ3v) is 5.34. The van der Waals surface area contributed by atoms with Crippen LogP contribution in [0.2, 0.25) is 0 Å². The van der Waals surface area contributed by atoms with E-state index < -0.39 is 0 Å². The number of carbonyl (C=O) groups excluding carboxylic acids is 2. The van der Waals surface area contributed by atoms with Crippen molar-refractivity contribution in [1.82, 2.24) is 15.3 Å². The number of aryl methyl sites for hydroxylation is 2. The lowest BCUT2D eigenvalue weighted by atomic mass is 10.0. The average Bonchev–Trinajstić information content (AvgIpc) is 3.18. The Balaban J connectivity index is 1.55. The van der Waals surface area contributed by atoms with Gasteiger partial charge < -0.3 is 15.6 Å². The molecule has 6 heteroatoms. The molecule has 152 valence electrons. The van der Waals surface area contributed by atoms with E-state index in [-0.39, 0.29) is 11.8 Å². The van der Waals surface area contributed by atoms with Gasteiger partial charge >= 0.3 is 0 Å². The van der Waals surface area contributed by atoms with E-state index in [9.17, 15) is 9.59 Å². The van der Waals surface area contributed by atoms with Crippen molar-refractivity contribution in [2.75, 3.05) is 11.9 Å². The van der Waals surface area contributed by atoms with Crippen LogP contribution in [-0.4, -0.2) is 28.3 Å². The topological polar surface area (TPSA) is 86.9 Å². The fraction of sp³-hybridized carbons (Fsp3) is 0.208. The van der Waals surface area contributed by atoms with Crippen molar-refractivity contribution in [3.8, 4) is 0 Å². The van der Waals surface area contributed by atoms with E-state index in [1.165, 1.54) is 0 Å². The van der Waals surface area contributed by atoms with E-state index in [0.29, 0.717) is 24.1 Å². The first-order chi connectivity index (χ1) is 14.4. The minimum atomic E-state index is -0.136. The molecule has 0 unspecified atom stereocenters. The molecule has 3 heterocycles. The zero-order chi connectivity index (χ0) is 21.3. The molecule has 0 radical (unpaired) electrons. The van der Waals surface area contributed by atoms with Gasteiger partial charge in [0.05, 0.1) is 11.1 Å². The van der Waals surface area contributed by atoms with Gasteiger partial charge in [-0.05, 0) is 56.7 Å². The average molecular weight is 400 g/mol. The number of hydrogen-bond donors (Lipinski definition) is 3. The summed E-state index contributed by atoms with van der Waals surface area (Å²) in [7, 11) is 0. The molecule has 0 fully saturated rings. The predicted octanol–water partition coefficient (Wildman–Crippen LogP) is 3.80. The maximum absolute atomic E-state index is 12.8. The highest BCUT2D eigenvalue weighted by Gasteiger charge is 2.25. The molecule has 2 aromatic heterocycles. The van der Waals surface area contributed by atoms with Crippen molar-refractivity contribution >= 4 is 29.2 Å². The van der Waals surface area contributed by atoms with Crippen LogP contribution in [0, 0.1) is 20.8 Å². The van der Waals surface area contributed by atoms with Gasteiger partial charge in [-0.1, -0.05) is 17.7 Å². The number of pyridine rings is 1. The van der Waals surface area contributed by atoms with Crippen LogP contribution in [0.1, 0.15) is 44.1 Å². The highest BCUT2D eigenvalue weighted by molar-refractivity contribution is 6.35. The number of H-pyrrole nitrogens is 1. The molecule has 0 spiro atoms. The summed E-state index contributed by atoms with van der Waals surface area (Å²) in [6, 6.07) is 11.6. The number of fused-ring (bicyclic) bond motifs is 1. The van der Waals surface area contributed by atoms with Gasteiger partial charge in [-0.25, -0.2) is 0 Å². The minimum Gasteiger partial charge on any atom is -0.358 e. The number of aromatic nitrogens is 2. The molecular formula is C24H24N4O2. The van der Waals surface area contributed by atoms with Gasteiger partial charge in [0.1, 0.15) is 0 Å². The number of anilines is 1. The first-order valence-corrected chi connectivity index (χ1v) is 9.95. The number of benzene rings is 1. The summed E-state index contributed by atoms with van der Waals surface area (Å²) < 4.78 is 0. The number of nitrogens with zero attached hydrogens (tertiary/aromatic N) is 1. The molecule has 3 aromatic rings. The summed E-state index contributed by atoms with van der Waals surface area (Å²) in [6.45, 7) is 6.27. The molecule has 30 heavy (non-hydrogen) atoms. The Kier molecular flexibility index (Phi) is 5.23. The van der Waals surface area contributed by atoms with Crippen molar-refractivity contribution in [1.29, 1.82) is 0 Å². The summed E-state index contributed by atoms with van der Waals surface area (Å²) in [5, 5.41) is 5.86. The van der Waals surface area contributed by atoms with Crippen LogP contribution in [0.5, 0.6) is 0 Å². The van der Waals surface area contributed by atoms with Crippen LogP contribution in [0.4, 0.5) is 5.69 Å². The lowest BCUT2D eigenvalue weighted by molar-refractivity contribution is -0.110. The van der Waals surface area contributed by atoms with Crippen LogP contribution in [0.3, 0.4) is 0 Å². The first kappa shape index (κ1) is 19.6. The van der Waals surface area contributed by atoms with Gasteiger partial charge in [0.15, 0.2) is 0 Å². The van der Waals surface area contributed by atoms with E-state index >= 15 is 0 Å². The Bertz CT molecular complexity index is 1160. The lowest BCUT2D eigenvalue weighted by Crippen LogP contribution is -2.26. The van der Waals surface area contributed by atoms with Gasteiger partial charge in [0, 0.05) is 47.5 Å². The maximum atomic E-state index is 12.8. The summed E-state index contributed by atoms with van der Waals surface area (Å²) >= 11 is 0. The first-order valence-electron chi connectivity index (χ1n) is 9.95. The largest absolute Gasteiger partial charge is 0.358 e. The summed E-state index contributed by atoms with van der Waals surface area (Å²) in [4.78, 5) is 32.8. The Morgan fingerprint density at radius 2 is 2.00 bits per heavy atom. The molecule has 0 saturated carbocycles. The Hall–Kier alpha value is -3.67. The molecule has 2 amide bonds. The highest BCUT2D eigenvalue weighted by atomic mass is 16.2. The molecule has 1 aromatic carbocycles. The number of nitrogens with one attached hydrogen (secondary N) is 3. The quantitative estimate of drug-likeness (QED) is 0.569. The minimum absolute atomic E-state index is 0.131. The summed E-state index contributed by atoms with van der Waals surface area (Å²) in [5.74, 6) is -0.266. The molecular weight excluding hydrogens is 376 g/mol. The Morgan fingerprint density at radius 3 is 2.77 bits per heavy atom. The van der Waals surface area contributed by atoms with Crippen molar-refractivity contribution in [3.05, 3.63) is 81.9 Å². The van der Waals surface area contributed by atoms with E-state index in [1.807, 2.05) is 63.2 Å². The fourth-order valence-corrected chi connectivity index (χ4v) is 3.79.